The van der Waals surface area contributed by atoms with Crippen LogP contribution in [0.4, 0.5) is 0 Å². The molecule has 18 heavy (non-hydrogen) atoms. The third-order valence-electron chi connectivity index (χ3n) is 2.75. The third kappa shape index (κ3) is 2.94. The highest BCUT2D eigenvalue weighted by atomic mass is 79.9. The van der Waals surface area contributed by atoms with Crippen LogP contribution in [0.1, 0.15) is 24.2 Å². The fourth-order valence-electron chi connectivity index (χ4n) is 1.79. The van der Waals surface area contributed by atoms with Crippen molar-refractivity contribution in [1.29, 1.82) is 0 Å². The van der Waals surface area contributed by atoms with Gasteiger partial charge in [-0.2, -0.15) is 0 Å². The second kappa shape index (κ2) is 5.03. The number of aromatic carboxylic acids is 1. The summed E-state index contributed by atoms with van der Waals surface area (Å²) in [6, 6.07) is 5.06. The van der Waals surface area contributed by atoms with E-state index < -0.39 is 13.1 Å². The number of halogens is 1. The van der Waals surface area contributed by atoms with Crippen molar-refractivity contribution < 1.29 is 19.2 Å². The fourth-order valence-corrected chi connectivity index (χ4v) is 2.15. The molecular formula is C12H14BBrO4. The first-order valence-electron chi connectivity index (χ1n) is 5.65. The number of rotatable bonds is 2. The van der Waals surface area contributed by atoms with Crippen molar-refractivity contribution in [3.8, 4) is 0 Å². The number of benzene rings is 1. The highest BCUT2D eigenvalue weighted by molar-refractivity contribution is 9.10. The molecule has 1 N–H and O–H groups in total. The number of carbonyl (C=O) groups is 1. The van der Waals surface area contributed by atoms with Gasteiger partial charge in [-0.15, -0.1) is 0 Å². The fraction of sp³-hybridized carbons (Fsp3) is 0.417. The van der Waals surface area contributed by atoms with Crippen LogP contribution in [-0.2, 0) is 9.31 Å². The first kappa shape index (κ1) is 13.6. The summed E-state index contributed by atoms with van der Waals surface area (Å²) < 4.78 is 11.9. The first-order chi connectivity index (χ1) is 8.39. The van der Waals surface area contributed by atoms with Crippen molar-refractivity contribution in [3.05, 3.63) is 28.2 Å². The zero-order chi connectivity index (χ0) is 13.3. The van der Waals surface area contributed by atoms with Crippen LogP contribution in [0.3, 0.4) is 0 Å². The van der Waals surface area contributed by atoms with E-state index in [2.05, 4.69) is 15.9 Å². The van der Waals surface area contributed by atoms with Gasteiger partial charge in [-0.3, -0.25) is 0 Å². The minimum atomic E-state index is -0.983. The normalized spacial score (nSPS) is 18.7. The van der Waals surface area contributed by atoms with E-state index in [1.54, 1.807) is 18.2 Å². The number of carboxylic acids is 1. The molecule has 0 saturated carbocycles. The summed E-state index contributed by atoms with van der Waals surface area (Å²) in [6.07, 6.45) is 0. The zero-order valence-corrected chi connectivity index (χ0v) is 11.9. The highest BCUT2D eigenvalue weighted by Crippen LogP contribution is 2.22. The first-order valence-corrected chi connectivity index (χ1v) is 6.44. The molecule has 0 atom stereocenters. The van der Waals surface area contributed by atoms with Gasteiger partial charge in [0, 0.05) is 23.1 Å². The minimum absolute atomic E-state index is 0.0325. The van der Waals surface area contributed by atoms with E-state index >= 15 is 0 Å². The van der Waals surface area contributed by atoms with Crippen LogP contribution in [0.5, 0.6) is 0 Å². The van der Waals surface area contributed by atoms with E-state index in [1.165, 1.54) is 0 Å². The summed E-state index contributed by atoms with van der Waals surface area (Å²) in [5, 5.41) is 9.19. The number of hydrogen-bond donors (Lipinski definition) is 1. The summed E-state index contributed by atoms with van der Waals surface area (Å²) in [6.45, 7) is 5.19. The van der Waals surface area contributed by atoms with Crippen LogP contribution >= 0.6 is 15.9 Å². The molecule has 4 nitrogen and oxygen atoms in total. The Morgan fingerprint density at radius 3 is 2.56 bits per heavy atom. The summed E-state index contributed by atoms with van der Waals surface area (Å²) >= 11 is 3.26. The van der Waals surface area contributed by atoms with Gasteiger partial charge in [0.1, 0.15) is 0 Å². The molecule has 2 rings (SSSR count). The predicted octanol–water partition coefficient (Wildman–Crippen LogP) is 1.92. The topological polar surface area (TPSA) is 55.8 Å². The predicted molar refractivity (Wildman–Crippen MR) is 72.2 cm³/mol. The minimum Gasteiger partial charge on any atom is -0.478 e. The van der Waals surface area contributed by atoms with Crippen molar-refractivity contribution in [2.75, 3.05) is 13.2 Å². The molecule has 0 spiro atoms. The summed E-state index contributed by atoms with van der Waals surface area (Å²) in [5.74, 6) is -0.983. The number of hydrogen-bond acceptors (Lipinski definition) is 3. The molecular weight excluding hydrogens is 299 g/mol. The molecule has 1 aromatic carbocycles. The molecule has 6 heteroatoms. The average Bonchev–Trinajstić information content (AvgIpc) is 2.29. The monoisotopic (exact) mass is 312 g/mol. The Morgan fingerprint density at radius 1 is 1.39 bits per heavy atom. The Morgan fingerprint density at radius 2 is 2.00 bits per heavy atom. The standard InChI is InChI=1S/C12H14BBrO4/c1-12(2)6-17-13(18-7-12)10-4-3-8(14)5-9(10)11(15)16/h3-5H,6-7H2,1-2H3,(H,15,16). The molecule has 0 amide bonds. The maximum absolute atomic E-state index is 11.2. The Kier molecular flexibility index (Phi) is 3.80. The molecule has 0 bridgehead atoms. The number of carboxylic acid groups (broad SMARTS) is 1. The van der Waals surface area contributed by atoms with Gasteiger partial charge in [0.15, 0.2) is 0 Å². The van der Waals surface area contributed by atoms with Gasteiger partial charge in [0.25, 0.3) is 0 Å². The third-order valence-corrected chi connectivity index (χ3v) is 3.24. The zero-order valence-electron chi connectivity index (χ0n) is 10.3. The van der Waals surface area contributed by atoms with Gasteiger partial charge in [0.2, 0.25) is 0 Å². The van der Waals surface area contributed by atoms with Crippen molar-refractivity contribution in [1.82, 2.24) is 0 Å². The van der Waals surface area contributed by atoms with Crippen LogP contribution in [0.25, 0.3) is 0 Å². The maximum Gasteiger partial charge on any atom is 0.494 e. The van der Waals surface area contributed by atoms with Gasteiger partial charge in [0.05, 0.1) is 5.56 Å². The van der Waals surface area contributed by atoms with Crippen molar-refractivity contribution >= 4 is 34.5 Å². The lowest BCUT2D eigenvalue weighted by molar-refractivity contribution is 0.0341. The summed E-state index contributed by atoms with van der Waals surface area (Å²) in [4.78, 5) is 11.2. The van der Waals surface area contributed by atoms with E-state index in [4.69, 9.17) is 9.31 Å². The molecule has 1 aromatic rings. The molecule has 0 radical (unpaired) electrons. The average molecular weight is 313 g/mol. The lowest BCUT2D eigenvalue weighted by atomic mass is 9.73. The SMILES string of the molecule is CC1(C)COB(c2ccc(Br)cc2C(=O)O)OC1. The molecule has 1 aliphatic rings. The van der Waals surface area contributed by atoms with Crippen LogP contribution in [0, 0.1) is 5.41 Å². The molecule has 0 aromatic heterocycles. The van der Waals surface area contributed by atoms with Gasteiger partial charge in [-0.05, 0) is 17.6 Å². The molecule has 0 aliphatic carbocycles. The Bertz CT molecular complexity index is 465. The summed E-state index contributed by atoms with van der Waals surface area (Å²) in [5.41, 5.74) is 0.727. The van der Waals surface area contributed by atoms with Gasteiger partial charge >= 0.3 is 13.1 Å². The molecule has 1 fully saturated rings. The Hall–Kier alpha value is -0.845. The second-order valence-electron chi connectivity index (χ2n) is 5.15. The molecule has 96 valence electrons. The van der Waals surface area contributed by atoms with Gasteiger partial charge < -0.3 is 14.4 Å². The maximum atomic E-state index is 11.2. The van der Waals surface area contributed by atoms with Crippen LogP contribution < -0.4 is 5.46 Å². The van der Waals surface area contributed by atoms with E-state index in [1.807, 2.05) is 13.8 Å². The van der Waals surface area contributed by atoms with Crippen LogP contribution in [0.2, 0.25) is 0 Å². The lowest BCUT2D eigenvalue weighted by Gasteiger charge is -2.33. The van der Waals surface area contributed by atoms with Crippen molar-refractivity contribution in [2.24, 2.45) is 5.41 Å². The van der Waals surface area contributed by atoms with E-state index in [-0.39, 0.29) is 11.0 Å². The Labute approximate surface area is 115 Å². The van der Waals surface area contributed by atoms with E-state index in [9.17, 15) is 9.90 Å². The van der Waals surface area contributed by atoms with Gasteiger partial charge in [-0.25, -0.2) is 4.79 Å². The van der Waals surface area contributed by atoms with Crippen LogP contribution in [-0.4, -0.2) is 31.4 Å². The van der Waals surface area contributed by atoms with E-state index in [0.29, 0.717) is 18.7 Å². The van der Waals surface area contributed by atoms with Gasteiger partial charge in [-0.1, -0.05) is 35.8 Å². The largest absolute Gasteiger partial charge is 0.494 e. The molecule has 1 aliphatic heterocycles. The molecule has 0 unspecified atom stereocenters. The molecule has 1 saturated heterocycles. The van der Waals surface area contributed by atoms with Crippen LogP contribution in [0.15, 0.2) is 22.7 Å². The lowest BCUT2D eigenvalue weighted by Crippen LogP contribution is -2.48. The molecule has 1 heterocycles. The van der Waals surface area contributed by atoms with Crippen molar-refractivity contribution in [2.45, 2.75) is 13.8 Å². The van der Waals surface area contributed by atoms with E-state index in [0.717, 1.165) is 4.47 Å². The summed E-state index contributed by atoms with van der Waals surface area (Å²) in [7, 11) is -0.600. The smallest absolute Gasteiger partial charge is 0.478 e. The highest BCUT2D eigenvalue weighted by Gasteiger charge is 2.35. The second-order valence-corrected chi connectivity index (χ2v) is 6.07. The van der Waals surface area contributed by atoms with Crippen molar-refractivity contribution in [3.63, 3.8) is 0 Å². The Balaban J connectivity index is 2.26. The quantitative estimate of drug-likeness (QED) is 0.848.